The van der Waals surface area contributed by atoms with Crippen LogP contribution in [0, 0.1) is 5.92 Å². The number of carboxylic acids is 1. The van der Waals surface area contributed by atoms with Crippen LogP contribution in [-0.2, 0) is 4.79 Å². The molecule has 2 aromatic carbocycles. The third-order valence-electron chi connectivity index (χ3n) is 3.33. The number of hydrogen-bond acceptors (Lipinski definition) is 3. The minimum atomic E-state index is -1.11. The molecule has 24 heavy (non-hydrogen) atoms. The molecule has 0 saturated heterocycles. The van der Waals surface area contributed by atoms with E-state index in [1.807, 2.05) is 13.8 Å². The smallest absolute Gasteiger partial charge is 0.330 e. The van der Waals surface area contributed by atoms with Gasteiger partial charge in [0.05, 0.1) is 6.61 Å². The molecular weight excluding hydrogens is 306 g/mol. The molecule has 1 amide bonds. The van der Waals surface area contributed by atoms with Crippen LogP contribution >= 0.6 is 0 Å². The lowest BCUT2D eigenvalue weighted by molar-refractivity contribution is -0.139. The number of rotatable bonds is 7. The maximum Gasteiger partial charge on any atom is 0.330 e. The Morgan fingerprint density at radius 2 is 1.79 bits per heavy atom. The fourth-order valence-electron chi connectivity index (χ4n) is 2.14. The summed E-state index contributed by atoms with van der Waals surface area (Å²) in [6.45, 7) is 4.62. The first-order valence-electron chi connectivity index (χ1n) is 7.79. The van der Waals surface area contributed by atoms with Gasteiger partial charge in [-0.1, -0.05) is 50.2 Å². The Morgan fingerprint density at radius 1 is 1.08 bits per heavy atom. The van der Waals surface area contributed by atoms with E-state index in [-0.39, 0.29) is 0 Å². The van der Waals surface area contributed by atoms with E-state index in [0.29, 0.717) is 29.4 Å². The Labute approximate surface area is 141 Å². The van der Waals surface area contributed by atoms with E-state index < -0.39 is 17.9 Å². The van der Waals surface area contributed by atoms with E-state index in [4.69, 9.17) is 4.74 Å². The monoisotopic (exact) mass is 327 g/mol. The van der Waals surface area contributed by atoms with Gasteiger partial charge in [-0.15, -0.1) is 0 Å². The Hall–Kier alpha value is -2.82. The molecule has 5 nitrogen and oxygen atoms in total. The van der Waals surface area contributed by atoms with Crippen LogP contribution in [-0.4, -0.2) is 23.6 Å². The Kier molecular flexibility index (Phi) is 5.95. The van der Waals surface area contributed by atoms with Gasteiger partial charge in [0.25, 0.3) is 5.91 Å². The first kappa shape index (κ1) is 17.5. The highest BCUT2D eigenvalue weighted by Crippen LogP contribution is 2.17. The molecule has 1 unspecified atom stereocenters. The van der Waals surface area contributed by atoms with Gasteiger partial charge in [0.15, 0.2) is 6.04 Å². The number of amides is 1. The van der Waals surface area contributed by atoms with Gasteiger partial charge >= 0.3 is 5.97 Å². The molecule has 126 valence electrons. The molecule has 0 fully saturated rings. The molecule has 0 spiro atoms. The molecule has 2 N–H and O–H groups in total. The number of carboxylic acid groups (broad SMARTS) is 1. The highest BCUT2D eigenvalue weighted by atomic mass is 16.5. The second-order valence-corrected chi connectivity index (χ2v) is 5.89. The maximum absolute atomic E-state index is 12.4. The van der Waals surface area contributed by atoms with Crippen molar-refractivity contribution in [1.29, 1.82) is 0 Å². The van der Waals surface area contributed by atoms with Crippen LogP contribution < -0.4 is 10.1 Å². The van der Waals surface area contributed by atoms with Crippen molar-refractivity contribution in [3.8, 4) is 5.75 Å². The molecule has 1 atom stereocenters. The number of hydrogen-bond donors (Lipinski definition) is 2. The second kappa shape index (κ2) is 8.15. The lowest BCUT2D eigenvalue weighted by Gasteiger charge is -2.15. The van der Waals surface area contributed by atoms with Gasteiger partial charge in [-0.05, 0) is 29.7 Å². The van der Waals surface area contributed by atoms with E-state index in [1.165, 1.54) is 0 Å². The highest BCUT2D eigenvalue weighted by molar-refractivity contribution is 5.97. The third-order valence-corrected chi connectivity index (χ3v) is 3.33. The van der Waals surface area contributed by atoms with Gasteiger partial charge in [0, 0.05) is 5.56 Å². The number of aliphatic carboxylic acids is 1. The second-order valence-electron chi connectivity index (χ2n) is 5.89. The van der Waals surface area contributed by atoms with Crippen molar-refractivity contribution in [2.45, 2.75) is 19.9 Å². The average Bonchev–Trinajstić information content (AvgIpc) is 2.58. The van der Waals surface area contributed by atoms with E-state index in [1.54, 1.807) is 54.6 Å². The molecular formula is C19H21NO4. The molecule has 0 aromatic heterocycles. The van der Waals surface area contributed by atoms with Crippen molar-refractivity contribution in [3.63, 3.8) is 0 Å². The summed E-state index contributed by atoms with van der Waals surface area (Å²) in [5.74, 6) is -0.608. The van der Waals surface area contributed by atoms with Gasteiger partial charge in [-0.3, -0.25) is 4.79 Å². The summed E-state index contributed by atoms with van der Waals surface area (Å²) in [5, 5.41) is 11.9. The van der Waals surface area contributed by atoms with Crippen molar-refractivity contribution in [2.75, 3.05) is 6.61 Å². The van der Waals surface area contributed by atoms with Crippen molar-refractivity contribution in [1.82, 2.24) is 5.32 Å². The number of ether oxygens (including phenoxy) is 1. The maximum atomic E-state index is 12.4. The van der Waals surface area contributed by atoms with E-state index in [0.717, 1.165) is 0 Å². The molecule has 0 radical (unpaired) electrons. The standard InChI is InChI=1S/C19H21NO4/c1-13(2)12-24-16-10-6-9-15(11-16)18(21)20-17(19(22)23)14-7-4-3-5-8-14/h3-11,13,17H,12H2,1-2H3,(H,20,21)(H,22,23). The Morgan fingerprint density at radius 3 is 2.42 bits per heavy atom. The molecule has 0 heterocycles. The lowest BCUT2D eigenvalue weighted by atomic mass is 10.1. The van der Waals surface area contributed by atoms with Crippen LogP contribution in [0.5, 0.6) is 5.75 Å². The van der Waals surface area contributed by atoms with Gasteiger partial charge in [-0.2, -0.15) is 0 Å². The third kappa shape index (κ3) is 4.84. The van der Waals surface area contributed by atoms with Crippen LogP contribution in [0.2, 0.25) is 0 Å². The summed E-state index contributed by atoms with van der Waals surface area (Å²) in [7, 11) is 0. The van der Waals surface area contributed by atoms with Gasteiger partial charge in [0.1, 0.15) is 5.75 Å². The Bertz CT molecular complexity index is 698. The summed E-state index contributed by atoms with van der Waals surface area (Å²) in [4.78, 5) is 23.9. The SMILES string of the molecule is CC(C)COc1cccc(C(=O)NC(C(=O)O)c2ccccc2)c1. The minimum Gasteiger partial charge on any atom is -0.493 e. The summed E-state index contributed by atoms with van der Waals surface area (Å²) in [6.07, 6.45) is 0. The molecule has 0 aliphatic heterocycles. The molecule has 0 aliphatic carbocycles. The largest absolute Gasteiger partial charge is 0.493 e. The molecule has 0 aliphatic rings. The van der Waals surface area contributed by atoms with Crippen molar-refractivity contribution in [2.24, 2.45) is 5.92 Å². The van der Waals surface area contributed by atoms with Crippen LogP contribution in [0.1, 0.15) is 35.8 Å². The summed E-state index contributed by atoms with van der Waals surface area (Å²) in [6, 6.07) is 14.2. The zero-order valence-electron chi connectivity index (χ0n) is 13.7. The van der Waals surface area contributed by atoms with Crippen molar-refractivity contribution < 1.29 is 19.4 Å². The highest BCUT2D eigenvalue weighted by Gasteiger charge is 2.22. The van der Waals surface area contributed by atoms with Gasteiger partial charge in [0.2, 0.25) is 0 Å². The van der Waals surface area contributed by atoms with Crippen molar-refractivity contribution >= 4 is 11.9 Å². The number of carbonyl (C=O) groups is 2. The lowest BCUT2D eigenvalue weighted by Crippen LogP contribution is -2.33. The summed E-state index contributed by atoms with van der Waals surface area (Å²) < 4.78 is 5.60. The number of benzene rings is 2. The van der Waals surface area contributed by atoms with Crippen LogP contribution in [0.4, 0.5) is 0 Å². The number of nitrogens with one attached hydrogen (secondary N) is 1. The van der Waals surface area contributed by atoms with Crippen LogP contribution in [0.3, 0.4) is 0 Å². The fraction of sp³-hybridized carbons (Fsp3) is 0.263. The van der Waals surface area contributed by atoms with Crippen molar-refractivity contribution in [3.05, 3.63) is 65.7 Å². The first-order valence-corrected chi connectivity index (χ1v) is 7.79. The first-order chi connectivity index (χ1) is 11.5. The topological polar surface area (TPSA) is 75.6 Å². The molecule has 2 rings (SSSR count). The zero-order chi connectivity index (χ0) is 17.5. The predicted molar refractivity (Wildman–Crippen MR) is 91.1 cm³/mol. The quantitative estimate of drug-likeness (QED) is 0.818. The fourth-order valence-corrected chi connectivity index (χ4v) is 2.14. The average molecular weight is 327 g/mol. The van der Waals surface area contributed by atoms with E-state index in [9.17, 15) is 14.7 Å². The number of carbonyl (C=O) groups excluding carboxylic acids is 1. The van der Waals surface area contributed by atoms with Gasteiger partial charge in [-0.25, -0.2) is 4.79 Å². The molecule has 2 aromatic rings. The van der Waals surface area contributed by atoms with E-state index in [2.05, 4.69) is 5.32 Å². The zero-order valence-corrected chi connectivity index (χ0v) is 13.7. The molecule has 0 saturated carbocycles. The Balaban J connectivity index is 2.13. The van der Waals surface area contributed by atoms with E-state index >= 15 is 0 Å². The van der Waals surface area contributed by atoms with Crippen LogP contribution in [0.15, 0.2) is 54.6 Å². The minimum absolute atomic E-state index is 0.360. The molecule has 0 bridgehead atoms. The predicted octanol–water partition coefficient (Wildman–Crippen LogP) is 3.28. The molecule has 5 heteroatoms. The van der Waals surface area contributed by atoms with Crippen LogP contribution in [0.25, 0.3) is 0 Å². The summed E-state index contributed by atoms with van der Waals surface area (Å²) >= 11 is 0. The summed E-state index contributed by atoms with van der Waals surface area (Å²) in [5.41, 5.74) is 0.879. The normalized spacial score (nSPS) is 11.8. The van der Waals surface area contributed by atoms with Gasteiger partial charge < -0.3 is 15.2 Å².